The van der Waals surface area contributed by atoms with E-state index in [2.05, 4.69) is 26.1 Å². The van der Waals surface area contributed by atoms with Gasteiger partial charge in [0.15, 0.2) is 5.78 Å². The van der Waals surface area contributed by atoms with Crippen LogP contribution in [0.3, 0.4) is 0 Å². The maximum Gasteiger partial charge on any atom is 0.336 e. The van der Waals surface area contributed by atoms with Gasteiger partial charge in [-0.25, -0.2) is 4.79 Å². The number of dihydropyridines is 1. The SMILES string of the molecule is CCCCOC(=O)C1=C(C)NC2=C(C(=O)CC(C)(C)C2)[C@H]1c1ccccc1OCc1ccccc1. The maximum absolute atomic E-state index is 13.5. The van der Waals surface area contributed by atoms with Crippen molar-refractivity contribution in [3.05, 3.63) is 88.3 Å². The highest BCUT2D eigenvalue weighted by Gasteiger charge is 2.44. The van der Waals surface area contributed by atoms with E-state index in [9.17, 15) is 9.59 Å². The van der Waals surface area contributed by atoms with Gasteiger partial charge in [-0.2, -0.15) is 0 Å². The number of Topliss-reactive ketones (excluding diaryl/α,β-unsaturated/α-hetero) is 1. The van der Waals surface area contributed by atoms with Gasteiger partial charge < -0.3 is 14.8 Å². The first kappa shape index (κ1) is 24.8. The van der Waals surface area contributed by atoms with E-state index in [1.165, 1.54) is 0 Å². The Bertz CT molecular complexity index is 1160. The van der Waals surface area contributed by atoms with Crippen molar-refractivity contribution in [3.63, 3.8) is 0 Å². The van der Waals surface area contributed by atoms with Gasteiger partial charge in [-0.05, 0) is 36.8 Å². The summed E-state index contributed by atoms with van der Waals surface area (Å²) in [6, 6.07) is 17.7. The molecule has 0 radical (unpaired) electrons. The molecule has 0 amide bonds. The zero-order valence-corrected chi connectivity index (χ0v) is 21.1. The predicted molar refractivity (Wildman–Crippen MR) is 137 cm³/mol. The maximum atomic E-state index is 13.5. The van der Waals surface area contributed by atoms with Crippen molar-refractivity contribution in [3.8, 4) is 5.75 Å². The summed E-state index contributed by atoms with van der Waals surface area (Å²) in [6.45, 7) is 8.92. The number of carbonyl (C=O) groups is 2. The van der Waals surface area contributed by atoms with E-state index in [0.717, 1.165) is 41.8 Å². The third-order valence-corrected chi connectivity index (χ3v) is 6.66. The summed E-state index contributed by atoms with van der Waals surface area (Å²) >= 11 is 0. The molecule has 1 aliphatic heterocycles. The highest BCUT2D eigenvalue weighted by Crippen LogP contribution is 2.48. The summed E-state index contributed by atoms with van der Waals surface area (Å²) in [6.07, 6.45) is 2.92. The van der Waals surface area contributed by atoms with Gasteiger partial charge in [0, 0.05) is 29.0 Å². The van der Waals surface area contributed by atoms with E-state index in [0.29, 0.717) is 36.5 Å². The zero-order valence-electron chi connectivity index (χ0n) is 21.1. The molecule has 184 valence electrons. The number of esters is 1. The van der Waals surface area contributed by atoms with Crippen LogP contribution in [-0.4, -0.2) is 18.4 Å². The molecule has 1 heterocycles. The molecule has 1 N–H and O–H groups in total. The fraction of sp³-hybridized carbons (Fsp3) is 0.400. The quantitative estimate of drug-likeness (QED) is 0.365. The second kappa shape index (κ2) is 10.5. The van der Waals surface area contributed by atoms with Crippen LogP contribution in [0.2, 0.25) is 0 Å². The van der Waals surface area contributed by atoms with Gasteiger partial charge in [0.05, 0.1) is 18.1 Å². The molecule has 2 aliphatic rings. The lowest BCUT2D eigenvalue weighted by molar-refractivity contribution is -0.139. The number of ketones is 1. The van der Waals surface area contributed by atoms with Gasteiger partial charge in [-0.1, -0.05) is 75.7 Å². The number of ether oxygens (including phenoxy) is 2. The van der Waals surface area contributed by atoms with Crippen molar-refractivity contribution in [1.82, 2.24) is 5.32 Å². The van der Waals surface area contributed by atoms with Crippen LogP contribution in [-0.2, 0) is 20.9 Å². The lowest BCUT2D eigenvalue weighted by Gasteiger charge is -2.39. The number of benzene rings is 2. The Labute approximate surface area is 208 Å². The standard InChI is InChI=1S/C30H35NO4/c1-5-6-16-34-29(33)26-20(2)31-23-17-30(3,4)18-24(32)28(23)27(26)22-14-10-11-15-25(22)35-19-21-12-8-7-9-13-21/h7-15,27,31H,5-6,16-19H2,1-4H3/t27-/m0/s1. The Hall–Kier alpha value is -3.34. The minimum Gasteiger partial charge on any atom is -0.489 e. The molecule has 0 fully saturated rings. The van der Waals surface area contributed by atoms with Crippen LogP contribution in [0.4, 0.5) is 0 Å². The predicted octanol–water partition coefficient (Wildman–Crippen LogP) is 6.21. The van der Waals surface area contributed by atoms with Gasteiger partial charge in [0.2, 0.25) is 0 Å². The number of para-hydroxylation sites is 1. The van der Waals surface area contributed by atoms with Crippen LogP contribution >= 0.6 is 0 Å². The zero-order chi connectivity index (χ0) is 25.0. The molecule has 2 aromatic carbocycles. The molecule has 0 bridgehead atoms. The Morgan fingerprint density at radius 1 is 1.06 bits per heavy atom. The first-order valence-corrected chi connectivity index (χ1v) is 12.5. The van der Waals surface area contributed by atoms with Crippen molar-refractivity contribution < 1.29 is 19.1 Å². The third kappa shape index (κ3) is 5.50. The van der Waals surface area contributed by atoms with Crippen LogP contribution in [0, 0.1) is 5.41 Å². The number of carbonyl (C=O) groups excluding carboxylic acids is 2. The molecule has 4 rings (SSSR count). The fourth-order valence-corrected chi connectivity index (χ4v) is 4.99. The highest BCUT2D eigenvalue weighted by molar-refractivity contribution is 6.04. The lowest BCUT2D eigenvalue weighted by atomic mass is 9.68. The van der Waals surface area contributed by atoms with Crippen LogP contribution in [0.1, 0.15) is 70.4 Å². The second-order valence-electron chi connectivity index (χ2n) is 10.2. The number of hydrogen-bond acceptors (Lipinski definition) is 5. The summed E-state index contributed by atoms with van der Waals surface area (Å²) in [5, 5.41) is 3.40. The average molecular weight is 474 g/mol. The number of rotatable bonds is 8. The highest BCUT2D eigenvalue weighted by atomic mass is 16.5. The van der Waals surface area contributed by atoms with Crippen molar-refractivity contribution in [1.29, 1.82) is 0 Å². The first-order chi connectivity index (χ1) is 16.8. The minimum atomic E-state index is -0.532. The van der Waals surface area contributed by atoms with Gasteiger partial charge in [-0.15, -0.1) is 0 Å². The van der Waals surface area contributed by atoms with Crippen molar-refractivity contribution in [2.45, 2.75) is 65.9 Å². The van der Waals surface area contributed by atoms with Crippen LogP contribution < -0.4 is 10.1 Å². The molecule has 5 heteroatoms. The summed E-state index contributed by atoms with van der Waals surface area (Å²) in [4.78, 5) is 26.9. The van der Waals surface area contributed by atoms with E-state index in [-0.39, 0.29) is 17.2 Å². The van der Waals surface area contributed by atoms with Gasteiger partial charge >= 0.3 is 5.97 Å². The van der Waals surface area contributed by atoms with E-state index < -0.39 is 5.92 Å². The summed E-state index contributed by atoms with van der Waals surface area (Å²) in [7, 11) is 0. The molecule has 1 atom stereocenters. The Kier molecular flexibility index (Phi) is 7.44. The molecule has 0 aromatic heterocycles. The number of allylic oxidation sites excluding steroid dienone is 3. The first-order valence-electron chi connectivity index (χ1n) is 12.5. The van der Waals surface area contributed by atoms with Crippen LogP contribution in [0.5, 0.6) is 5.75 Å². The number of hydrogen-bond donors (Lipinski definition) is 1. The Balaban J connectivity index is 1.77. The smallest absolute Gasteiger partial charge is 0.336 e. The average Bonchev–Trinajstić information content (AvgIpc) is 2.82. The van der Waals surface area contributed by atoms with Gasteiger partial charge in [-0.3, -0.25) is 4.79 Å². The molecule has 35 heavy (non-hydrogen) atoms. The molecule has 5 nitrogen and oxygen atoms in total. The Morgan fingerprint density at radius 2 is 1.77 bits per heavy atom. The van der Waals surface area contributed by atoms with Gasteiger partial charge in [0.25, 0.3) is 0 Å². The molecule has 0 saturated carbocycles. The summed E-state index contributed by atoms with van der Waals surface area (Å²) in [5.41, 5.74) is 4.50. The third-order valence-electron chi connectivity index (χ3n) is 6.66. The monoisotopic (exact) mass is 473 g/mol. The van der Waals surface area contributed by atoms with E-state index >= 15 is 0 Å². The molecule has 0 spiro atoms. The molecular weight excluding hydrogens is 438 g/mol. The second-order valence-corrected chi connectivity index (χ2v) is 10.2. The van der Waals surface area contributed by atoms with Gasteiger partial charge in [0.1, 0.15) is 12.4 Å². The molecule has 0 unspecified atom stereocenters. The van der Waals surface area contributed by atoms with E-state index in [1.54, 1.807) is 0 Å². The summed E-state index contributed by atoms with van der Waals surface area (Å²) in [5.74, 6) is -0.177. The molecule has 1 aliphatic carbocycles. The normalized spacial score (nSPS) is 19.2. The van der Waals surface area contributed by atoms with Crippen molar-refractivity contribution in [2.75, 3.05) is 6.61 Å². The molecule has 0 saturated heterocycles. The summed E-state index contributed by atoms with van der Waals surface area (Å²) < 4.78 is 11.9. The van der Waals surface area contributed by atoms with E-state index in [4.69, 9.17) is 9.47 Å². The topological polar surface area (TPSA) is 64.6 Å². The fourth-order valence-electron chi connectivity index (χ4n) is 4.99. The largest absolute Gasteiger partial charge is 0.489 e. The molecule has 2 aromatic rings. The molecular formula is C30H35NO4. The Morgan fingerprint density at radius 3 is 2.51 bits per heavy atom. The lowest BCUT2D eigenvalue weighted by Crippen LogP contribution is -2.38. The van der Waals surface area contributed by atoms with E-state index in [1.807, 2.05) is 61.5 Å². The van der Waals surface area contributed by atoms with Crippen LogP contribution in [0.25, 0.3) is 0 Å². The number of nitrogens with one attached hydrogen (secondary N) is 1. The van der Waals surface area contributed by atoms with Crippen LogP contribution in [0.15, 0.2) is 77.1 Å². The van der Waals surface area contributed by atoms with Crippen molar-refractivity contribution in [2.24, 2.45) is 5.41 Å². The minimum absolute atomic E-state index is 0.0676. The number of unbranched alkanes of at least 4 members (excludes halogenated alkanes) is 1. The van der Waals surface area contributed by atoms with Crippen molar-refractivity contribution >= 4 is 11.8 Å².